The summed E-state index contributed by atoms with van der Waals surface area (Å²) in [5.74, 6) is 1.72. The number of aliphatic imine (C=N–C) groups is 1. The quantitative estimate of drug-likeness (QED) is 0.177. The standard InChI is InChI=1S/C26H30N2O2S.HI/c1-19-7-6-8-20(2)25(19)27-26(31-5)28(17-21-9-13-23(29-3)14-10-21)18-22-11-15-24(30-4)16-12-22;/h6-16H,17-18H2,1-5H3;1H. The molecule has 0 saturated heterocycles. The third kappa shape index (κ3) is 6.90. The van der Waals surface area contributed by atoms with E-state index < -0.39 is 0 Å². The van der Waals surface area contributed by atoms with Crippen molar-refractivity contribution in [3.8, 4) is 11.5 Å². The normalized spacial score (nSPS) is 11.0. The molecule has 0 spiro atoms. The first-order chi connectivity index (χ1) is 15.0. The number of amidine groups is 1. The van der Waals surface area contributed by atoms with Gasteiger partial charge in [0.2, 0.25) is 0 Å². The largest absolute Gasteiger partial charge is 0.497 e. The molecule has 3 aromatic rings. The Balaban J connectivity index is 0.00000363. The molecule has 4 nitrogen and oxygen atoms in total. The smallest absolute Gasteiger partial charge is 0.164 e. The molecule has 6 heteroatoms. The highest BCUT2D eigenvalue weighted by atomic mass is 127. The number of nitrogens with zero attached hydrogens (tertiary/aromatic N) is 2. The van der Waals surface area contributed by atoms with Gasteiger partial charge < -0.3 is 14.4 Å². The van der Waals surface area contributed by atoms with Crippen molar-refractivity contribution in [2.75, 3.05) is 20.5 Å². The predicted molar refractivity (Wildman–Crippen MR) is 147 cm³/mol. The number of hydrogen-bond donors (Lipinski definition) is 0. The highest BCUT2D eigenvalue weighted by Crippen LogP contribution is 2.27. The molecule has 32 heavy (non-hydrogen) atoms. The Morgan fingerprint density at radius 3 is 1.59 bits per heavy atom. The van der Waals surface area contributed by atoms with Crippen molar-refractivity contribution >= 4 is 46.6 Å². The number of rotatable bonds is 7. The number of hydrogen-bond acceptors (Lipinski definition) is 4. The van der Waals surface area contributed by atoms with Crippen molar-refractivity contribution in [2.24, 2.45) is 4.99 Å². The van der Waals surface area contributed by atoms with E-state index >= 15 is 0 Å². The molecule has 3 rings (SSSR count). The lowest BCUT2D eigenvalue weighted by molar-refractivity contribution is 0.405. The Kier molecular flexibility index (Phi) is 10.4. The van der Waals surface area contributed by atoms with E-state index in [9.17, 15) is 0 Å². The first kappa shape index (κ1) is 26.1. The van der Waals surface area contributed by atoms with Crippen molar-refractivity contribution < 1.29 is 9.47 Å². The summed E-state index contributed by atoms with van der Waals surface area (Å²) in [5.41, 5.74) is 5.82. The Bertz CT molecular complexity index is 951. The zero-order valence-electron chi connectivity index (χ0n) is 19.3. The third-order valence-electron chi connectivity index (χ3n) is 5.17. The van der Waals surface area contributed by atoms with Gasteiger partial charge in [-0.3, -0.25) is 0 Å². The van der Waals surface area contributed by atoms with Crippen LogP contribution in [-0.2, 0) is 13.1 Å². The summed E-state index contributed by atoms with van der Waals surface area (Å²) in [6.07, 6.45) is 2.08. The second-order valence-corrected chi connectivity index (χ2v) is 8.16. The average Bonchev–Trinajstić information content (AvgIpc) is 2.79. The van der Waals surface area contributed by atoms with Gasteiger partial charge >= 0.3 is 0 Å². The van der Waals surface area contributed by atoms with Gasteiger partial charge in [-0.1, -0.05) is 54.2 Å². The lowest BCUT2D eigenvalue weighted by atomic mass is 10.1. The van der Waals surface area contributed by atoms with Crippen LogP contribution in [0.25, 0.3) is 0 Å². The first-order valence-corrected chi connectivity index (χ1v) is 11.5. The highest BCUT2D eigenvalue weighted by Gasteiger charge is 2.14. The molecule has 0 fully saturated rings. The number of ether oxygens (including phenoxy) is 2. The fourth-order valence-electron chi connectivity index (χ4n) is 3.42. The van der Waals surface area contributed by atoms with Crippen LogP contribution in [0.1, 0.15) is 22.3 Å². The monoisotopic (exact) mass is 562 g/mol. The minimum atomic E-state index is 0. The molecule has 0 N–H and O–H groups in total. The summed E-state index contributed by atoms with van der Waals surface area (Å²) >= 11 is 1.67. The van der Waals surface area contributed by atoms with Gasteiger partial charge in [0.15, 0.2) is 5.17 Å². The van der Waals surface area contributed by atoms with E-state index in [1.165, 1.54) is 22.3 Å². The van der Waals surface area contributed by atoms with Crippen LogP contribution in [0, 0.1) is 13.8 Å². The van der Waals surface area contributed by atoms with Crippen molar-refractivity contribution in [1.82, 2.24) is 4.90 Å². The molecule has 0 unspecified atom stereocenters. The maximum Gasteiger partial charge on any atom is 0.164 e. The number of methoxy groups -OCH3 is 2. The van der Waals surface area contributed by atoms with Crippen LogP contribution in [0.3, 0.4) is 0 Å². The number of thioether (sulfide) groups is 1. The summed E-state index contributed by atoms with van der Waals surface area (Å²) < 4.78 is 10.6. The predicted octanol–water partition coefficient (Wildman–Crippen LogP) is 6.99. The van der Waals surface area contributed by atoms with E-state index in [1.807, 2.05) is 24.3 Å². The average molecular weight is 563 g/mol. The Labute approximate surface area is 213 Å². The zero-order valence-corrected chi connectivity index (χ0v) is 22.4. The molecule has 0 aromatic heterocycles. The fraction of sp³-hybridized carbons (Fsp3) is 0.269. The minimum Gasteiger partial charge on any atom is -0.497 e. The Morgan fingerprint density at radius 2 is 1.22 bits per heavy atom. The summed E-state index contributed by atoms with van der Waals surface area (Å²) in [4.78, 5) is 7.41. The summed E-state index contributed by atoms with van der Waals surface area (Å²) in [7, 11) is 3.38. The molecule has 170 valence electrons. The van der Waals surface area contributed by atoms with E-state index in [4.69, 9.17) is 14.5 Å². The maximum atomic E-state index is 5.31. The molecule has 0 saturated carbocycles. The molecule has 0 bridgehead atoms. The summed E-state index contributed by atoms with van der Waals surface area (Å²) in [6.45, 7) is 5.73. The van der Waals surface area contributed by atoms with Crippen LogP contribution in [0.2, 0.25) is 0 Å². The molecule has 3 aromatic carbocycles. The van der Waals surface area contributed by atoms with Crippen molar-refractivity contribution in [1.29, 1.82) is 0 Å². The van der Waals surface area contributed by atoms with E-state index in [1.54, 1.807) is 26.0 Å². The van der Waals surface area contributed by atoms with E-state index in [0.717, 1.165) is 35.4 Å². The molecule has 0 heterocycles. The van der Waals surface area contributed by atoms with Gasteiger partial charge in [-0.05, 0) is 66.6 Å². The first-order valence-electron chi connectivity index (χ1n) is 10.2. The number of aryl methyl sites for hydroxylation is 2. The molecule has 0 aliphatic carbocycles. The van der Waals surface area contributed by atoms with E-state index in [-0.39, 0.29) is 24.0 Å². The van der Waals surface area contributed by atoms with Gasteiger partial charge in [0.25, 0.3) is 0 Å². The number of para-hydroxylation sites is 1. The van der Waals surface area contributed by atoms with E-state index in [0.29, 0.717) is 0 Å². The van der Waals surface area contributed by atoms with Gasteiger partial charge in [-0.25, -0.2) is 4.99 Å². The molecular formula is C26H31IN2O2S. The molecule has 0 amide bonds. The summed E-state index contributed by atoms with van der Waals surface area (Å²) in [5, 5.41) is 0.990. The molecular weight excluding hydrogens is 531 g/mol. The topological polar surface area (TPSA) is 34.1 Å². The minimum absolute atomic E-state index is 0. The van der Waals surface area contributed by atoms with Gasteiger partial charge in [-0.2, -0.15) is 0 Å². The van der Waals surface area contributed by atoms with Crippen molar-refractivity contribution in [3.05, 3.63) is 89.0 Å². The summed E-state index contributed by atoms with van der Waals surface area (Å²) in [6, 6.07) is 22.7. The van der Waals surface area contributed by atoms with E-state index in [2.05, 4.69) is 67.5 Å². The van der Waals surface area contributed by atoms with Crippen LogP contribution >= 0.6 is 35.7 Å². The third-order valence-corrected chi connectivity index (χ3v) is 5.88. The van der Waals surface area contributed by atoms with Crippen LogP contribution in [0.15, 0.2) is 71.7 Å². The van der Waals surface area contributed by atoms with Crippen LogP contribution in [-0.4, -0.2) is 30.5 Å². The molecule has 0 aliphatic heterocycles. The van der Waals surface area contributed by atoms with Crippen LogP contribution in [0.5, 0.6) is 11.5 Å². The Hall–Kier alpha value is -2.19. The van der Waals surface area contributed by atoms with Gasteiger partial charge in [0.05, 0.1) is 19.9 Å². The SMILES string of the molecule is COc1ccc(CN(Cc2ccc(OC)cc2)C(=Nc2c(C)cccc2C)SC)cc1.I. The Morgan fingerprint density at radius 1 is 0.781 bits per heavy atom. The highest BCUT2D eigenvalue weighted by molar-refractivity contribution is 14.0. The second-order valence-electron chi connectivity index (χ2n) is 7.39. The lowest BCUT2D eigenvalue weighted by Gasteiger charge is -2.26. The number of benzene rings is 3. The molecule has 0 radical (unpaired) electrons. The van der Waals surface area contributed by atoms with Crippen LogP contribution in [0.4, 0.5) is 5.69 Å². The zero-order chi connectivity index (χ0) is 22.2. The maximum absolute atomic E-state index is 5.31. The molecule has 0 aliphatic rings. The van der Waals surface area contributed by atoms with Crippen LogP contribution < -0.4 is 9.47 Å². The van der Waals surface area contributed by atoms with Gasteiger partial charge in [0, 0.05) is 13.1 Å². The fourth-order valence-corrected chi connectivity index (χ4v) is 3.99. The molecule has 0 atom stereocenters. The van der Waals surface area contributed by atoms with Gasteiger partial charge in [-0.15, -0.1) is 24.0 Å². The number of halogens is 1. The second kappa shape index (κ2) is 12.7. The van der Waals surface area contributed by atoms with Crippen molar-refractivity contribution in [2.45, 2.75) is 26.9 Å². The lowest BCUT2D eigenvalue weighted by Crippen LogP contribution is -2.27. The van der Waals surface area contributed by atoms with Crippen molar-refractivity contribution in [3.63, 3.8) is 0 Å². The van der Waals surface area contributed by atoms with Gasteiger partial charge in [0.1, 0.15) is 11.5 Å².